The van der Waals surface area contributed by atoms with E-state index in [4.69, 9.17) is 39.5 Å². The second-order valence-electron chi connectivity index (χ2n) is 6.82. The summed E-state index contributed by atoms with van der Waals surface area (Å²) >= 11 is 18.0. The van der Waals surface area contributed by atoms with Gasteiger partial charge in [0.15, 0.2) is 0 Å². The SMILES string of the molecule is CNc1nccc(-c2cccnc2Oc2ccc(NC(=O)Nc3cc(Cl)c(Cl)cc3Cl)cc2)n1. The first kappa shape index (κ1) is 23.6. The van der Waals surface area contributed by atoms with Crippen LogP contribution in [-0.2, 0) is 0 Å². The highest BCUT2D eigenvalue weighted by molar-refractivity contribution is 6.44. The Balaban J connectivity index is 1.45. The van der Waals surface area contributed by atoms with Crippen molar-refractivity contribution in [1.82, 2.24) is 15.0 Å². The van der Waals surface area contributed by atoms with E-state index in [2.05, 4.69) is 30.9 Å². The number of pyridine rings is 1. The lowest BCUT2D eigenvalue weighted by Crippen LogP contribution is -2.19. The number of carbonyl (C=O) groups is 1. The molecule has 4 aromatic rings. The Kier molecular flexibility index (Phi) is 7.32. The minimum atomic E-state index is -0.495. The Labute approximate surface area is 210 Å². The van der Waals surface area contributed by atoms with Crippen LogP contribution >= 0.6 is 34.8 Å². The molecule has 2 amide bonds. The van der Waals surface area contributed by atoms with Gasteiger partial charge in [-0.2, -0.15) is 0 Å². The van der Waals surface area contributed by atoms with Crippen LogP contribution in [0.3, 0.4) is 0 Å². The quantitative estimate of drug-likeness (QED) is 0.240. The molecule has 2 aromatic carbocycles. The zero-order valence-electron chi connectivity index (χ0n) is 17.6. The van der Waals surface area contributed by atoms with E-state index in [1.165, 1.54) is 12.1 Å². The number of hydrogen-bond donors (Lipinski definition) is 3. The highest BCUT2D eigenvalue weighted by atomic mass is 35.5. The number of carbonyl (C=O) groups excluding carboxylic acids is 1. The number of aromatic nitrogens is 3. The predicted molar refractivity (Wildman–Crippen MR) is 135 cm³/mol. The second-order valence-corrected chi connectivity index (χ2v) is 8.04. The largest absolute Gasteiger partial charge is 0.438 e. The van der Waals surface area contributed by atoms with Crippen molar-refractivity contribution in [2.24, 2.45) is 0 Å². The molecule has 2 aromatic heterocycles. The minimum absolute atomic E-state index is 0.269. The third-order valence-corrected chi connectivity index (χ3v) is 5.55. The molecule has 172 valence electrons. The van der Waals surface area contributed by atoms with E-state index in [0.717, 1.165) is 0 Å². The fraction of sp³-hybridized carbons (Fsp3) is 0.0435. The maximum atomic E-state index is 12.3. The number of rotatable bonds is 6. The lowest BCUT2D eigenvalue weighted by molar-refractivity contribution is 0.262. The van der Waals surface area contributed by atoms with Crippen LogP contribution in [0.15, 0.2) is 67.0 Å². The average Bonchev–Trinajstić information content (AvgIpc) is 2.84. The summed E-state index contributed by atoms with van der Waals surface area (Å²) in [5.41, 5.74) is 2.25. The summed E-state index contributed by atoms with van der Waals surface area (Å²) in [5, 5.41) is 9.10. The predicted octanol–water partition coefficient (Wildman–Crippen LogP) is 6.98. The van der Waals surface area contributed by atoms with Gasteiger partial charge in [-0.1, -0.05) is 34.8 Å². The Morgan fingerprint density at radius 2 is 1.65 bits per heavy atom. The molecular weight excluding hydrogens is 499 g/mol. The van der Waals surface area contributed by atoms with Crippen molar-refractivity contribution >= 4 is 58.2 Å². The molecule has 11 heteroatoms. The molecule has 0 spiro atoms. The lowest BCUT2D eigenvalue weighted by Gasteiger charge is -2.12. The van der Waals surface area contributed by atoms with E-state index in [1.807, 2.05) is 6.07 Å². The molecule has 0 bridgehead atoms. The van der Waals surface area contributed by atoms with Crippen LogP contribution in [0.2, 0.25) is 15.1 Å². The third-order valence-electron chi connectivity index (χ3n) is 4.51. The third kappa shape index (κ3) is 5.66. The first-order chi connectivity index (χ1) is 16.4. The Morgan fingerprint density at radius 3 is 2.41 bits per heavy atom. The van der Waals surface area contributed by atoms with Crippen LogP contribution in [0.4, 0.5) is 22.1 Å². The number of hydrogen-bond acceptors (Lipinski definition) is 6. The molecule has 8 nitrogen and oxygen atoms in total. The minimum Gasteiger partial charge on any atom is -0.438 e. The number of amides is 2. The van der Waals surface area contributed by atoms with Gasteiger partial charge in [0.1, 0.15) is 5.75 Å². The first-order valence-corrected chi connectivity index (χ1v) is 11.0. The van der Waals surface area contributed by atoms with Gasteiger partial charge < -0.3 is 20.7 Å². The summed E-state index contributed by atoms with van der Waals surface area (Å²) in [4.78, 5) is 25.2. The van der Waals surface area contributed by atoms with Crippen molar-refractivity contribution in [3.8, 4) is 22.9 Å². The van der Waals surface area contributed by atoms with E-state index in [-0.39, 0.29) is 10.0 Å². The molecule has 0 radical (unpaired) electrons. The number of ether oxygens (including phenoxy) is 1. The van der Waals surface area contributed by atoms with Crippen molar-refractivity contribution in [2.75, 3.05) is 23.0 Å². The summed E-state index contributed by atoms with van der Waals surface area (Å²) in [7, 11) is 1.74. The number of nitrogens with zero attached hydrogens (tertiary/aromatic N) is 3. The molecule has 0 aliphatic heterocycles. The van der Waals surface area contributed by atoms with Gasteiger partial charge >= 0.3 is 6.03 Å². The van der Waals surface area contributed by atoms with Gasteiger partial charge in [-0.05, 0) is 54.6 Å². The summed E-state index contributed by atoms with van der Waals surface area (Å²) in [5.74, 6) is 1.40. The smallest absolute Gasteiger partial charge is 0.323 e. The van der Waals surface area contributed by atoms with Crippen molar-refractivity contribution in [3.05, 3.63) is 82.1 Å². The zero-order chi connectivity index (χ0) is 24.1. The maximum Gasteiger partial charge on any atom is 0.323 e. The zero-order valence-corrected chi connectivity index (χ0v) is 19.9. The van der Waals surface area contributed by atoms with Crippen molar-refractivity contribution in [1.29, 1.82) is 0 Å². The summed E-state index contributed by atoms with van der Waals surface area (Å²) in [6.45, 7) is 0. The fourth-order valence-electron chi connectivity index (χ4n) is 2.92. The van der Waals surface area contributed by atoms with Gasteiger partial charge in [-0.15, -0.1) is 0 Å². The van der Waals surface area contributed by atoms with Gasteiger partial charge in [-0.25, -0.2) is 19.7 Å². The summed E-state index contributed by atoms with van der Waals surface area (Å²) < 4.78 is 5.97. The molecule has 2 heterocycles. The first-order valence-electron chi connectivity index (χ1n) is 9.89. The topological polar surface area (TPSA) is 101 Å². The molecule has 0 unspecified atom stereocenters. The molecule has 34 heavy (non-hydrogen) atoms. The molecular formula is C23H17Cl3N6O2. The van der Waals surface area contributed by atoms with Crippen LogP contribution in [0.25, 0.3) is 11.3 Å². The molecule has 0 saturated heterocycles. The molecule has 3 N–H and O–H groups in total. The highest BCUT2D eigenvalue weighted by Gasteiger charge is 2.12. The number of nitrogens with one attached hydrogen (secondary N) is 3. The van der Waals surface area contributed by atoms with Crippen molar-refractivity contribution < 1.29 is 9.53 Å². The van der Waals surface area contributed by atoms with Gasteiger partial charge in [0, 0.05) is 25.1 Å². The molecule has 4 rings (SSSR count). The van der Waals surface area contributed by atoms with E-state index < -0.39 is 6.03 Å². The molecule has 0 atom stereocenters. The van der Waals surface area contributed by atoms with Crippen LogP contribution in [-0.4, -0.2) is 28.0 Å². The monoisotopic (exact) mass is 514 g/mol. The van der Waals surface area contributed by atoms with Crippen LogP contribution in [0.1, 0.15) is 0 Å². The number of anilines is 3. The van der Waals surface area contributed by atoms with Gasteiger partial charge in [0.2, 0.25) is 11.8 Å². The Bertz CT molecular complexity index is 1330. The van der Waals surface area contributed by atoms with E-state index in [1.54, 1.807) is 55.8 Å². The fourth-order valence-corrected chi connectivity index (χ4v) is 3.51. The van der Waals surface area contributed by atoms with Gasteiger partial charge in [0.25, 0.3) is 0 Å². The highest BCUT2D eigenvalue weighted by Crippen LogP contribution is 2.33. The second kappa shape index (κ2) is 10.6. The maximum absolute atomic E-state index is 12.3. The van der Waals surface area contributed by atoms with Gasteiger partial charge in [-0.3, -0.25) is 0 Å². The average molecular weight is 516 g/mol. The number of halogens is 3. The number of urea groups is 1. The number of benzene rings is 2. The van der Waals surface area contributed by atoms with Crippen molar-refractivity contribution in [2.45, 2.75) is 0 Å². The van der Waals surface area contributed by atoms with E-state index >= 15 is 0 Å². The Morgan fingerprint density at radius 1 is 0.882 bits per heavy atom. The van der Waals surface area contributed by atoms with Crippen LogP contribution in [0.5, 0.6) is 11.6 Å². The van der Waals surface area contributed by atoms with Crippen LogP contribution in [0, 0.1) is 0 Å². The standard InChI is InChI=1S/C23H17Cl3N6O2/c1-27-22-29-10-8-19(31-22)15-3-2-9-28-21(15)34-14-6-4-13(5-7-14)30-23(33)32-20-12-17(25)16(24)11-18(20)26/h2-12H,1H3,(H,27,29,31)(H2,30,32,33). The molecule has 0 fully saturated rings. The van der Waals surface area contributed by atoms with E-state index in [9.17, 15) is 4.79 Å². The van der Waals surface area contributed by atoms with Gasteiger partial charge in [0.05, 0.1) is 32.0 Å². The molecule has 0 saturated carbocycles. The van der Waals surface area contributed by atoms with Crippen LogP contribution < -0.4 is 20.7 Å². The normalized spacial score (nSPS) is 10.5. The summed E-state index contributed by atoms with van der Waals surface area (Å²) in [6.07, 6.45) is 3.29. The Hall–Kier alpha value is -3.59. The molecule has 0 aliphatic rings. The lowest BCUT2D eigenvalue weighted by atomic mass is 10.2. The van der Waals surface area contributed by atoms with Crippen molar-refractivity contribution in [3.63, 3.8) is 0 Å². The van der Waals surface area contributed by atoms with E-state index in [0.29, 0.717) is 45.2 Å². The summed E-state index contributed by atoms with van der Waals surface area (Å²) in [6, 6.07) is 14.7. The molecule has 0 aliphatic carbocycles.